The molecule has 0 bridgehead atoms. The topological polar surface area (TPSA) is 64.6 Å². The number of benzene rings is 2. The minimum atomic E-state index is -0.341. The third-order valence-electron chi connectivity index (χ3n) is 4.69. The molecule has 1 unspecified atom stereocenters. The van der Waals surface area contributed by atoms with E-state index in [9.17, 15) is 9.59 Å². The molecule has 0 spiro atoms. The zero-order valence-corrected chi connectivity index (χ0v) is 17.5. The molecule has 1 atom stereocenters. The summed E-state index contributed by atoms with van der Waals surface area (Å²) in [4.78, 5) is 25.7. The van der Waals surface area contributed by atoms with Crippen LogP contribution < -0.4 is 5.32 Å². The molecule has 1 N–H and O–H groups in total. The van der Waals surface area contributed by atoms with Gasteiger partial charge in [-0.3, -0.25) is 4.79 Å². The van der Waals surface area contributed by atoms with E-state index in [2.05, 4.69) is 5.32 Å². The Kier molecular flexibility index (Phi) is 8.14. The number of thioether (sulfide) groups is 1. The highest BCUT2D eigenvalue weighted by atomic mass is 32.2. The molecular formula is C23H27NO4S. The molecule has 0 saturated carbocycles. The average molecular weight is 414 g/mol. The first kappa shape index (κ1) is 21.4. The number of amides is 1. The van der Waals surface area contributed by atoms with Crippen LogP contribution in [-0.2, 0) is 9.47 Å². The first-order chi connectivity index (χ1) is 14.2. The predicted octanol–water partition coefficient (Wildman–Crippen LogP) is 5.17. The SMILES string of the molecule is CCCCOC(=O)c1ccc(NC(=O)c2ccccc2SCC2CCCO2)cc1. The average Bonchev–Trinajstić information content (AvgIpc) is 3.27. The Morgan fingerprint density at radius 1 is 1.17 bits per heavy atom. The number of rotatable bonds is 9. The lowest BCUT2D eigenvalue weighted by Crippen LogP contribution is -2.14. The summed E-state index contributed by atoms with van der Waals surface area (Å²) >= 11 is 1.65. The Morgan fingerprint density at radius 2 is 1.97 bits per heavy atom. The fourth-order valence-electron chi connectivity index (χ4n) is 3.02. The van der Waals surface area contributed by atoms with Crippen molar-refractivity contribution in [1.29, 1.82) is 0 Å². The Labute approximate surface area is 176 Å². The molecule has 2 aromatic rings. The molecule has 1 saturated heterocycles. The zero-order valence-electron chi connectivity index (χ0n) is 16.7. The van der Waals surface area contributed by atoms with Crippen LogP contribution in [0.3, 0.4) is 0 Å². The van der Waals surface area contributed by atoms with E-state index < -0.39 is 0 Å². The zero-order chi connectivity index (χ0) is 20.5. The van der Waals surface area contributed by atoms with Crippen LogP contribution >= 0.6 is 11.8 Å². The van der Waals surface area contributed by atoms with Gasteiger partial charge in [0.1, 0.15) is 0 Å². The maximum atomic E-state index is 12.8. The van der Waals surface area contributed by atoms with Gasteiger partial charge in [-0.15, -0.1) is 11.8 Å². The van der Waals surface area contributed by atoms with E-state index >= 15 is 0 Å². The number of hydrogen-bond donors (Lipinski definition) is 1. The molecule has 1 aliphatic heterocycles. The number of nitrogens with one attached hydrogen (secondary N) is 1. The van der Waals surface area contributed by atoms with Gasteiger partial charge in [0, 0.05) is 22.9 Å². The minimum Gasteiger partial charge on any atom is -0.462 e. The third-order valence-corrected chi connectivity index (χ3v) is 5.90. The van der Waals surface area contributed by atoms with Crippen LogP contribution in [0.5, 0.6) is 0 Å². The van der Waals surface area contributed by atoms with Crippen molar-refractivity contribution in [2.45, 2.75) is 43.6 Å². The van der Waals surface area contributed by atoms with Crippen molar-refractivity contribution in [2.24, 2.45) is 0 Å². The second-order valence-electron chi connectivity index (χ2n) is 6.96. The van der Waals surface area contributed by atoms with Crippen molar-refractivity contribution < 1.29 is 19.1 Å². The summed E-state index contributed by atoms with van der Waals surface area (Å²) < 4.78 is 10.9. The molecule has 1 amide bonds. The van der Waals surface area contributed by atoms with Crippen LogP contribution in [0.1, 0.15) is 53.3 Å². The van der Waals surface area contributed by atoms with Crippen molar-refractivity contribution >= 4 is 29.3 Å². The van der Waals surface area contributed by atoms with E-state index in [0.29, 0.717) is 23.4 Å². The van der Waals surface area contributed by atoms with Gasteiger partial charge in [0.05, 0.1) is 23.8 Å². The van der Waals surface area contributed by atoms with Crippen molar-refractivity contribution in [3.8, 4) is 0 Å². The summed E-state index contributed by atoms with van der Waals surface area (Å²) in [5.74, 6) is 0.338. The highest BCUT2D eigenvalue weighted by Crippen LogP contribution is 2.27. The van der Waals surface area contributed by atoms with Gasteiger partial charge in [0.2, 0.25) is 0 Å². The molecule has 1 aliphatic rings. The van der Waals surface area contributed by atoms with Gasteiger partial charge in [0.15, 0.2) is 0 Å². The van der Waals surface area contributed by atoms with E-state index in [1.165, 1.54) is 0 Å². The van der Waals surface area contributed by atoms with E-state index in [-0.39, 0.29) is 18.0 Å². The molecule has 29 heavy (non-hydrogen) atoms. The van der Waals surface area contributed by atoms with E-state index in [1.54, 1.807) is 36.0 Å². The number of ether oxygens (including phenoxy) is 2. The van der Waals surface area contributed by atoms with Crippen LogP contribution in [0, 0.1) is 0 Å². The fraction of sp³-hybridized carbons (Fsp3) is 0.391. The summed E-state index contributed by atoms with van der Waals surface area (Å²) in [6, 6.07) is 14.4. The summed E-state index contributed by atoms with van der Waals surface area (Å²) in [6.45, 7) is 3.30. The molecule has 3 rings (SSSR count). The van der Waals surface area contributed by atoms with Gasteiger partial charge in [-0.05, 0) is 55.7 Å². The molecule has 5 nitrogen and oxygen atoms in total. The Morgan fingerprint density at radius 3 is 2.69 bits per heavy atom. The Bertz CT molecular complexity index is 816. The van der Waals surface area contributed by atoms with Gasteiger partial charge in [-0.2, -0.15) is 0 Å². The van der Waals surface area contributed by atoms with Gasteiger partial charge in [0.25, 0.3) is 5.91 Å². The van der Waals surface area contributed by atoms with Crippen LogP contribution in [0.25, 0.3) is 0 Å². The van der Waals surface area contributed by atoms with Crippen molar-refractivity contribution in [2.75, 3.05) is 24.3 Å². The normalized spacial score (nSPS) is 15.8. The molecule has 0 aliphatic carbocycles. The van der Waals surface area contributed by atoms with Crippen molar-refractivity contribution in [3.63, 3.8) is 0 Å². The maximum Gasteiger partial charge on any atom is 0.338 e. The third kappa shape index (κ3) is 6.34. The van der Waals surface area contributed by atoms with Gasteiger partial charge < -0.3 is 14.8 Å². The number of carbonyl (C=O) groups is 2. The van der Waals surface area contributed by atoms with Crippen molar-refractivity contribution in [3.05, 3.63) is 59.7 Å². The van der Waals surface area contributed by atoms with E-state index in [0.717, 1.165) is 42.9 Å². The Hall–Kier alpha value is -2.31. The number of carbonyl (C=O) groups excluding carboxylic acids is 2. The molecule has 2 aromatic carbocycles. The second kappa shape index (κ2) is 11.0. The highest BCUT2D eigenvalue weighted by Gasteiger charge is 2.18. The summed E-state index contributed by atoms with van der Waals surface area (Å²) in [6.07, 6.45) is 4.28. The fourth-order valence-corrected chi connectivity index (χ4v) is 4.14. The first-order valence-electron chi connectivity index (χ1n) is 10.1. The van der Waals surface area contributed by atoms with E-state index in [4.69, 9.17) is 9.47 Å². The molecule has 1 heterocycles. The van der Waals surface area contributed by atoms with Crippen LogP contribution in [0.4, 0.5) is 5.69 Å². The number of esters is 1. The second-order valence-corrected chi connectivity index (χ2v) is 8.02. The highest BCUT2D eigenvalue weighted by molar-refractivity contribution is 7.99. The Balaban J connectivity index is 1.59. The van der Waals surface area contributed by atoms with Crippen molar-refractivity contribution in [1.82, 2.24) is 0 Å². The minimum absolute atomic E-state index is 0.168. The summed E-state index contributed by atoms with van der Waals surface area (Å²) in [7, 11) is 0. The predicted molar refractivity (Wildman–Crippen MR) is 116 cm³/mol. The van der Waals surface area contributed by atoms with Crippen LogP contribution in [0.2, 0.25) is 0 Å². The number of hydrogen-bond acceptors (Lipinski definition) is 5. The lowest BCUT2D eigenvalue weighted by atomic mass is 10.2. The van der Waals surface area contributed by atoms with Crippen LogP contribution in [-0.4, -0.2) is 36.9 Å². The number of anilines is 1. The number of unbranched alkanes of at least 4 members (excludes halogenated alkanes) is 1. The van der Waals surface area contributed by atoms with Gasteiger partial charge >= 0.3 is 5.97 Å². The summed E-state index contributed by atoms with van der Waals surface area (Å²) in [5.41, 5.74) is 1.75. The van der Waals surface area contributed by atoms with Gasteiger partial charge in [-0.25, -0.2) is 4.79 Å². The molecule has 6 heteroatoms. The van der Waals surface area contributed by atoms with E-state index in [1.807, 2.05) is 31.2 Å². The largest absolute Gasteiger partial charge is 0.462 e. The standard InChI is InChI=1S/C23H27NO4S/c1-2-3-14-28-23(26)17-10-12-18(13-11-17)24-22(25)20-8-4-5-9-21(20)29-16-19-7-6-15-27-19/h4-5,8-13,19H,2-3,6-7,14-16H2,1H3,(H,24,25). The molecular weight excluding hydrogens is 386 g/mol. The molecule has 0 aromatic heterocycles. The molecule has 0 radical (unpaired) electrons. The van der Waals surface area contributed by atoms with Gasteiger partial charge in [-0.1, -0.05) is 25.5 Å². The molecule has 154 valence electrons. The smallest absolute Gasteiger partial charge is 0.338 e. The molecule has 1 fully saturated rings. The lowest BCUT2D eigenvalue weighted by molar-refractivity contribution is 0.0499. The maximum absolute atomic E-state index is 12.8. The lowest BCUT2D eigenvalue weighted by Gasteiger charge is -2.12. The van der Waals surface area contributed by atoms with Crippen LogP contribution in [0.15, 0.2) is 53.4 Å². The first-order valence-corrected chi connectivity index (χ1v) is 11.1. The monoisotopic (exact) mass is 413 g/mol. The summed E-state index contributed by atoms with van der Waals surface area (Å²) in [5, 5.41) is 2.91. The quantitative estimate of drug-likeness (QED) is 0.349.